The molecule has 0 bridgehead atoms. The molecule has 0 aliphatic carbocycles. The first-order valence-corrected chi connectivity index (χ1v) is 6.62. The van der Waals surface area contributed by atoms with E-state index in [1.54, 1.807) is 6.07 Å². The van der Waals surface area contributed by atoms with E-state index >= 15 is 0 Å². The maximum absolute atomic E-state index is 12.6. The fourth-order valence-electron chi connectivity index (χ4n) is 1.89. The first-order chi connectivity index (χ1) is 8.18. The van der Waals surface area contributed by atoms with Crippen molar-refractivity contribution in [3.8, 4) is 0 Å². The van der Waals surface area contributed by atoms with Gasteiger partial charge in [-0.3, -0.25) is 0 Å². The maximum atomic E-state index is 12.6. The number of hydrogen-bond acceptors (Lipinski definition) is 1. The Balaban J connectivity index is 2.87. The SMILES string of the molecule is CC(C)CC(C)Nc1cc(Br)cc(C(F)(F)F)c1. The van der Waals surface area contributed by atoms with Crippen molar-refractivity contribution in [2.45, 2.75) is 39.4 Å². The van der Waals surface area contributed by atoms with Crippen LogP contribution in [0.3, 0.4) is 0 Å². The van der Waals surface area contributed by atoms with Crippen molar-refractivity contribution < 1.29 is 13.2 Å². The molecule has 18 heavy (non-hydrogen) atoms. The van der Waals surface area contributed by atoms with Gasteiger partial charge in [-0.1, -0.05) is 29.8 Å². The third kappa shape index (κ3) is 4.88. The maximum Gasteiger partial charge on any atom is 0.416 e. The van der Waals surface area contributed by atoms with Gasteiger partial charge in [0, 0.05) is 16.2 Å². The van der Waals surface area contributed by atoms with E-state index in [2.05, 4.69) is 35.1 Å². The van der Waals surface area contributed by atoms with Crippen molar-refractivity contribution in [1.82, 2.24) is 0 Å². The minimum Gasteiger partial charge on any atom is -0.383 e. The van der Waals surface area contributed by atoms with Gasteiger partial charge in [0.25, 0.3) is 0 Å². The zero-order valence-corrected chi connectivity index (χ0v) is 12.2. The first-order valence-electron chi connectivity index (χ1n) is 5.83. The van der Waals surface area contributed by atoms with Crippen LogP contribution in [0.15, 0.2) is 22.7 Å². The number of rotatable bonds is 4. The predicted molar refractivity (Wildman–Crippen MR) is 71.7 cm³/mol. The number of anilines is 1. The number of nitrogens with one attached hydrogen (secondary N) is 1. The molecular weight excluding hydrogens is 307 g/mol. The van der Waals surface area contributed by atoms with E-state index < -0.39 is 11.7 Å². The van der Waals surface area contributed by atoms with E-state index in [0.717, 1.165) is 18.6 Å². The Morgan fingerprint density at radius 2 is 1.78 bits per heavy atom. The Hall–Kier alpha value is -0.710. The third-order valence-electron chi connectivity index (χ3n) is 2.46. The fourth-order valence-corrected chi connectivity index (χ4v) is 2.38. The van der Waals surface area contributed by atoms with Gasteiger partial charge in [0.1, 0.15) is 0 Å². The number of alkyl halides is 3. The van der Waals surface area contributed by atoms with Crippen molar-refractivity contribution in [2.24, 2.45) is 5.92 Å². The highest BCUT2D eigenvalue weighted by atomic mass is 79.9. The van der Waals surface area contributed by atoms with E-state index in [4.69, 9.17) is 0 Å². The molecule has 0 saturated heterocycles. The Morgan fingerprint density at radius 1 is 1.17 bits per heavy atom. The quantitative estimate of drug-likeness (QED) is 0.791. The van der Waals surface area contributed by atoms with Crippen molar-refractivity contribution in [3.05, 3.63) is 28.2 Å². The monoisotopic (exact) mass is 323 g/mol. The van der Waals surface area contributed by atoms with E-state index in [9.17, 15) is 13.2 Å². The Bertz CT molecular complexity index is 402. The molecule has 0 spiro atoms. The summed E-state index contributed by atoms with van der Waals surface area (Å²) < 4.78 is 38.4. The molecule has 1 rings (SSSR count). The molecule has 0 aromatic heterocycles. The second-order valence-corrected chi connectivity index (χ2v) is 5.82. The Labute approximate surface area is 114 Å². The van der Waals surface area contributed by atoms with Crippen molar-refractivity contribution >= 4 is 21.6 Å². The topological polar surface area (TPSA) is 12.0 Å². The summed E-state index contributed by atoms with van der Waals surface area (Å²) in [5.74, 6) is 0.502. The highest BCUT2D eigenvalue weighted by Crippen LogP contribution is 2.33. The molecule has 0 radical (unpaired) electrons. The van der Waals surface area contributed by atoms with Gasteiger partial charge in [0.2, 0.25) is 0 Å². The molecule has 1 nitrogen and oxygen atoms in total. The average molecular weight is 324 g/mol. The van der Waals surface area contributed by atoms with Crippen LogP contribution >= 0.6 is 15.9 Å². The van der Waals surface area contributed by atoms with E-state index in [1.807, 2.05) is 6.92 Å². The Kier molecular flexibility index (Phi) is 5.08. The molecule has 0 amide bonds. The highest BCUT2D eigenvalue weighted by Gasteiger charge is 2.31. The summed E-state index contributed by atoms with van der Waals surface area (Å²) in [7, 11) is 0. The molecule has 1 aromatic carbocycles. The Morgan fingerprint density at radius 3 is 2.28 bits per heavy atom. The van der Waals surface area contributed by atoms with Crippen molar-refractivity contribution in [1.29, 1.82) is 0 Å². The molecular formula is C13H17BrF3N. The van der Waals surface area contributed by atoms with Gasteiger partial charge in [-0.15, -0.1) is 0 Å². The molecule has 0 fully saturated rings. The molecule has 0 heterocycles. The molecule has 1 atom stereocenters. The number of halogens is 4. The van der Waals surface area contributed by atoms with E-state index in [1.165, 1.54) is 0 Å². The fraction of sp³-hybridized carbons (Fsp3) is 0.538. The van der Waals surface area contributed by atoms with Gasteiger partial charge in [-0.25, -0.2) is 0 Å². The molecule has 0 aliphatic rings. The number of benzene rings is 1. The summed E-state index contributed by atoms with van der Waals surface area (Å²) in [5.41, 5.74) is -0.152. The number of hydrogen-bond donors (Lipinski definition) is 1. The van der Waals surface area contributed by atoms with Crippen LogP contribution in [0.5, 0.6) is 0 Å². The minimum absolute atomic E-state index is 0.139. The molecule has 1 aromatic rings. The van der Waals surface area contributed by atoms with Crippen LogP contribution in [0.2, 0.25) is 0 Å². The van der Waals surface area contributed by atoms with Gasteiger partial charge in [-0.05, 0) is 37.5 Å². The lowest BCUT2D eigenvalue weighted by Crippen LogP contribution is -2.18. The first kappa shape index (κ1) is 15.3. The molecule has 1 N–H and O–H groups in total. The standard InChI is InChI=1S/C13H17BrF3N/c1-8(2)4-9(3)18-12-6-10(13(15,16)17)5-11(14)7-12/h5-9,18H,4H2,1-3H3. The summed E-state index contributed by atoms with van der Waals surface area (Å²) >= 11 is 3.11. The second-order valence-electron chi connectivity index (χ2n) is 4.90. The van der Waals surface area contributed by atoms with E-state index in [0.29, 0.717) is 16.1 Å². The van der Waals surface area contributed by atoms with Crippen LogP contribution in [-0.2, 0) is 6.18 Å². The zero-order valence-electron chi connectivity index (χ0n) is 10.6. The van der Waals surface area contributed by atoms with Gasteiger partial charge < -0.3 is 5.32 Å². The average Bonchev–Trinajstić information content (AvgIpc) is 2.13. The van der Waals surface area contributed by atoms with Gasteiger partial charge in [-0.2, -0.15) is 13.2 Å². The van der Waals surface area contributed by atoms with Crippen molar-refractivity contribution in [3.63, 3.8) is 0 Å². The summed E-state index contributed by atoms with van der Waals surface area (Å²) in [6, 6.07) is 4.02. The molecule has 0 saturated carbocycles. The van der Waals surface area contributed by atoms with Crippen molar-refractivity contribution in [2.75, 3.05) is 5.32 Å². The third-order valence-corrected chi connectivity index (χ3v) is 2.92. The second kappa shape index (κ2) is 5.95. The normalized spacial score (nSPS) is 13.8. The summed E-state index contributed by atoms with van der Waals surface area (Å²) in [4.78, 5) is 0. The van der Waals surface area contributed by atoms with Crippen LogP contribution in [0, 0.1) is 5.92 Å². The lowest BCUT2D eigenvalue weighted by molar-refractivity contribution is -0.137. The molecule has 1 unspecified atom stereocenters. The molecule has 102 valence electrons. The molecule has 0 aliphatic heterocycles. The van der Waals surface area contributed by atoms with Crippen LogP contribution in [0.25, 0.3) is 0 Å². The van der Waals surface area contributed by atoms with Crippen LogP contribution < -0.4 is 5.32 Å². The lowest BCUT2D eigenvalue weighted by Gasteiger charge is -2.18. The van der Waals surface area contributed by atoms with Gasteiger partial charge in [0.05, 0.1) is 5.56 Å². The van der Waals surface area contributed by atoms with Crippen LogP contribution in [-0.4, -0.2) is 6.04 Å². The minimum atomic E-state index is -4.32. The summed E-state index contributed by atoms with van der Waals surface area (Å²) in [6.07, 6.45) is -3.41. The highest BCUT2D eigenvalue weighted by molar-refractivity contribution is 9.10. The lowest BCUT2D eigenvalue weighted by atomic mass is 10.0. The summed E-state index contributed by atoms with van der Waals surface area (Å²) in [5, 5.41) is 3.10. The van der Waals surface area contributed by atoms with Crippen LogP contribution in [0.1, 0.15) is 32.8 Å². The largest absolute Gasteiger partial charge is 0.416 e. The van der Waals surface area contributed by atoms with Gasteiger partial charge in [0.15, 0.2) is 0 Å². The predicted octanol–water partition coefficient (Wildman–Crippen LogP) is 5.31. The zero-order chi connectivity index (χ0) is 13.9. The summed E-state index contributed by atoms with van der Waals surface area (Å²) in [6.45, 7) is 6.13. The smallest absolute Gasteiger partial charge is 0.383 e. The van der Waals surface area contributed by atoms with Crippen LogP contribution in [0.4, 0.5) is 18.9 Å². The van der Waals surface area contributed by atoms with Gasteiger partial charge >= 0.3 is 6.18 Å². The van der Waals surface area contributed by atoms with E-state index in [-0.39, 0.29) is 6.04 Å². The molecule has 5 heteroatoms.